The first-order valence-corrected chi connectivity index (χ1v) is 8.00. The average Bonchev–Trinajstić information content (AvgIpc) is 2.90. The quantitative estimate of drug-likeness (QED) is 0.837. The van der Waals surface area contributed by atoms with E-state index in [1.165, 1.54) is 10.9 Å². The highest BCUT2D eigenvalue weighted by Gasteiger charge is 2.35. The third-order valence-electron chi connectivity index (χ3n) is 4.36. The van der Waals surface area contributed by atoms with Gasteiger partial charge in [0.05, 0.1) is 11.7 Å². The first-order valence-electron chi connectivity index (χ1n) is 8.00. The van der Waals surface area contributed by atoms with Crippen LogP contribution in [0.15, 0.2) is 6.20 Å². The fraction of sp³-hybridized carbons (Fsp3) is 0.688. The van der Waals surface area contributed by atoms with Gasteiger partial charge in [0.25, 0.3) is 6.43 Å². The Kier molecular flexibility index (Phi) is 5.25. The maximum Gasteiger partial charge on any atom is 0.412 e. The molecule has 8 heteroatoms. The summed E-state index contributed by atoms with van der Waals surface area (Å²) in [5.74, 6) is 0.0101. The van der Waals surface area contributed by atoms with E-state index in [2.05, 4.69) is 5.10 Å². The number of amides is 1. The van der Waals surface area contributed by atoms with Crippen molar-refractivity contribution in [3.05, 3.63) is 11.9 Å². The van der Waals surface area contributed by atoms with Gasteiger partial charge in [-0.05, 0) is 46.5 Å². The van der Waals surface area contributed by atoms with Gasteiger partial charge in [0.1, 0.15) is 6.29 Å². The summed E-state index contributed by atoms with van der Waals surface area (Å²) < 4.78 is 28.2. The normalized spacial score (nSPS) is 21.8. The molecule has 0 aromatic carbocycles. The van der Waals surface area contributed by atoms with Crippen molar-refractivity contribution in [2.24, 2.45) is 5.92 Å². The Morgan fingerprint density at radius 1 is 1.38 bits per heavy atom. The number of aromatic nitrogens is 2. The third kappa shape index (κ3) is 3.73. The molecule has 24 heavy (non-hydrogen) atoms. The maximum absolute atomic E-state index is 13.4. The molecule has 0 bridgehead atoms. The number of anilines is 1. The molecule has 0 aliphatic heterocycles. The van der Waals surface area contributed by atoms with Crippen molar-refractivity contribution in [1.82, 2.24) is 9.78 Å². The Morgan fingerprint density at radius 2 is 1.96 bits per heavy atom. The van der Waals surface area contributed by atoms with Gasteiger partial charge in [-0.25, -0.2) is 13.6 Å². The van der Waals surface area contributed by atoms with E-state index in [1.807, 2.05) is 0 Å². The highest BCUT2D eigenvalue weighted by Crippen LogP contribution is 2.37. The number of halogens is 2. The van der Waals surface area contributed by atoms with E-state index in [-0.39, 0.29) is 17.6 Å². The second-order valence-electron chi connectivity index (χ2n) is 7.17. The van der Waals surface area contributed by atoms with Crippen LogP contribution in [0.25, 0.3) is 0 Å². The molecule has 1 heterocycles. The number of carbonyl (C=O) groups excluding carboxylic acids is 1. The van der Waals surface area contributed by atoms with Gasteiger partial charge in [-0.15, -0.1) is 0 Å². The summed E-state index contributed by atoms with van der Waals surface area (Å²) in [6.45, 7) is 4.93. The van der Waals surface area contributed by atoms with Crippen molar-refractivity contribution < 1.29 is 23.5 Å². The minimum Gasteiger partial charge on any atom is -0.465 e. The van der Waals surface area contributed by atoms with Crippen LogP contribution in [0.5, 0.6) is 0 Å². The largest absolute Gasteiger partial charge is 0.465 e. The maximum atomic E-state index is 13.4. The molecule has 134 valence electrons. The summed E-state index contributed by atoms with van der Waals surface area (Å²) in [5, 5.41) is 13.4. The molecule has 0 saturated heterocycles. The molecule has 0 unspecified atom stereocenters. The van der Waals surface area contributed by atoms with Crippen LogP contribution in [0.3, 0.4) is 0 Å². The van der Waals surface area contributed by atoms with Crippen LogP contribution in [0.4, 0.5) is 19.3 Å². The summed E-state index contributed by atoms with van der Waals surface area (Å²) >= 11 is 0. The van der Waals surface area contributed by atoms with E-state index in [1.54, 1.807) is 20.8 Å². The molecule has 1 aliphatic carbocycles. The number of aldehydes is 1. The molecule has 1 aromatic rings. The minimum atomic E-state index is -2.86. The van der Waals surface area contributed by atoms with E-state index in [0.717, 1.165) is 11.2 Å². The zero-order chi connectivity index (χ0) is 18.1. The lowest BCUT2D eigenvalue weighted by molar-refractivity contribution is -0.112. The van der Waals surface area contributed by atoms with Crippen molar-refractivity contribution in [2.45, 2.75) is 64.5 Å². The van der Waals surface area contributed by atoms with Gasteiger partial charge >= 0.3 is 6.09 Å². The van der Waals surface area contributed by atoms with Crippen LogP contribution < -0.4 is 4.90 Å². The lowest BCUT2D eigenvalue weighted by atomic mass is 9.87. The predicted molar refractivity (Wildman–Crippen MR) is 84.5 cm³/mol. The van der Waals surface area contributed by atoms with Gasteiger partial charge in [-0.1, -0.05) is 0 Å². The van der Waals surface area contributed by atoms with Gasteiger partial charge in [-0.2, -0.15) is 5.10 Å². The lowest BCUT2D eigenvalue weighted by Crippen LogP contribution is -2.45. The number of carboxylic acid groups (broad SMARTS) is 1. The first-order chi connectivity index (χ1) is 11.1. The number of hydrogen-bond acceptors (Lipinski definition) is 3. The molecule has 6 nitrogen and oxygen atoms in total. The van der Waals surface area contributed by atoms with E-state index in [9.17, 15) is 23.5 Å². The second-order valence-corrected chi connectivity index (χ2v) is 7.17. The molecule has 1 amide bonds. The summed E-state index contributed by atoms with van der Waals surface area (Å²) in [6, 6.07) is -0.0944. The SMILES string of the molecule is CC(C)(C)N(C(=O)O)c1cn(C2CCC(C=O)CC2)nc1C(F)F. The van der Waals surface area contributed by atoms with E-state index >= 15 is 0 Å². The number of nitrogens with zero attached hydrogens (tertiary/aromatic N) is 3. The molecule has 2 rings (SSSR count). The monoisotopic (exact) mass is 343 g/mol. The molecular weight excluding hydrogens is 320 g/mol. The van der Waals surface area contributed by atoms with Crippen LogP contribution >= 0.6 is 0 Å². The Bertz CT molecular complexity index is 602. The zero-order valence-electron chi connectivity index (χ0n) is 14.1. The number of alkyl halides is 2. The second kappa shape index (κ2) is 6.86. The number of hydrogen-bond donors (Lipinski definition) is 1. The smallest absolute Gasteiger partial charge is 0.412 e. The fourth-order valence-corrected chi connectivity index (χ4v) is 3.16. The minimum absolute atomic E-state index is 0.0101. The van der Waals surface area contributed by atoms with E-state index < -0.39 is 23.8 Å². The summed E-state index contributed by atoms with van der Waals surface area (Å²) in [6.07, 6.45) is 0.870. The van der Waals surface area contributed by atoms with Crippen molar-refractivity contribution in [3.8, 4) is 0 Å². The van der Waals surface area contributed by atoms with Crippen molar-refractivity contribution in [1.29, 1.82) is 0 Å². The van der Waals surface area contributed by atoms with Crippen LogP contribution in [0, 0.1) is 5.92 Å². The molecule has 0 radical (unpaired) electrons. The topological polar surface area (TPSA) is 75.4 Å². The highest BCUT2D eigenvalue weighted by atomic mass is 19.3. The summed E-state index contributed by atoms with van der Waals surface area (Å²) in [4.78, 5) is 23.4. The van der Waals surface area contributed by atoms with Gasteiger partial charge in [0, 0.05) is 17.7 Å². The van der Waals surface area contributed by atoms with Gasteiger partial charge in [0.15, 0.2) is 5.69 Å². The van der Waals surface area contributed by atoms with Crippen molar-refractivity contribution >= 4 is 18.1 Å². The number of rotatable bonds is 4. The Labute approximate surface area is 139 Å². The van der Waals surface area contributed by atoms with Crippen molar-refractivity contribution in [2.75, 3.05) is 4.90 Å². The number of carbonyl (C=O) groups is 2. The first kappa shape index (κ1) is 18.4. The zero-order valence-corrected chi connectivity index (χ0v) is 14.1. The third-order valence-corrected chi connectivity index (χ3v) is 4.36. The molecule has 1 N–H and O–H groups in total. The van der Waals surface area contributed by atoms with Crippen molar-refractivity contribution in [3.63, 3.8) is 0 Å². The average molecular weight is 343 g/mol. The lowest BCUT2D eigenvalue weighted by Gasteiger charge is -2.32. The van der Waals surface area contributed by atoms with Crippen LogP contribution in [-0.2, 0) is 4.79 Å². The molecule has 1 aliphatic rings. The fourth-order valence-electron chi connectivity index (χ4n) is 3.16. The van der Waals surface area contributed by atoms with Gasteiger partial charge in [0.2, 0.25) is 0 Å². The molecular formula is C16H23F2N3O3. The van der Waals surface area contributed by atoms with Crippen LogP contribution in [0.1, 0.15) is 64.6 Å². The highest BCUT2D eigenvalue weighted by molar-refractivity contribution is 5.88. The molecule has 1 fully saturated rings. The summed E-state index contributed by atoms with van der Waals surface area (Å²) in [7, 11) is 0. The van der Waals surface area contributed by atoms with Gasteiger partial charge < -0.3 is 9.90 Å². The predicted octanol–water partition coefficient (Wildman–Crippen LogP) is 4.03. The van der Waals surface area contributed by atoms with E-state index in [0.29, 0.717) is 25.7 Å². The Balaban J connectivity index is 2.37. The van der Waals surface area contributed by atoms with Crippen LogP contribution in [-0.4, -0.2) is 32.8 Å². The van der Waals surface area contributed by atoms with E-state index in [4.69, 9.17) is 0 Å². The summed E-state index contributed by atoms with van der Waals surface area (Å²) in [5.41, 5.74) is -1.48. The molecule has 0 spiro atoms. The van der Waals surface area contributed by atoms with Gasteiger partial charge in [-0.3, -0.25) is 9.58 Å². The molecule has 0 atom stereocenters. The Hall–Kier alpha value is -1.99. The molecule has 1 saturated carbocycles. The Morgan fingerprint density at radius 3 is 2.38 bits per heavy atom. The standard InChI is InChI=1S/C16H23F2N3O3/c1-16(2,3)21(15(23)24)12-8-20(19-13(12)14(17)18)11-6-4-10(9-22)5-7-11/h8-11,14H,4-7H2,1-3H3,(H,23,24). The van der Waals surface area contributed by atoms with Crippen LogP contribution in [0.2, 0.25) is 0 Å². The molecule has 1 aromatic heterocycles.